The molecule has 7 heteroatoms. The highest BCUT2D eigenvalue weighted by Crippen LogP contribution is 2.51. The van der Waals surface area contributed by atoms with Crippen LogP contribution in [0, 0.1) is 0 Å². The molecule has 2 aromatic carbocycles. The lowest BCUT2D eigenvalue weighted by molar-refractivity contribution is -0.223. The number of halogens is 6. The van der Waals surface area contributed by atoms with Gasteiger partial charge in [0.05, 0.1) is 11.6 Å². The van der Waals surface area contributed by atoms with E-state index in [4.69, 9.17) is 4.74 Å². The molecule has 0 aliphatic rings. The predicted molar refractivity (Wildman–Crippen MR) is 101 cm³/mol. The first-order valence-electron chi connectivity index (χ1n) is 7.95. The van der Waals surface area contributed by atoms with E-state index in [9.17, 15) is 17.6 Å². The van der Waals surface area contributed by atoms with E-state index in [1.165, 1.54) is 19.2 Å². The van der Waals surface area contributed by atoms with Crippen LogP contribution in [0.5, 0.6) is 5.75 Å². The van der Waals surface area contributed by atoms with E-state index in [-0.39, 0.29) is 16.1 Å². The van der Waals surface area contributed by atoms with Gasteiger partial charge in [-0.25, -0.2) is 0 Å². The molecule has 0 saturated carbocycles. The minimum atomic E-state index is -4.39. The summed E-state index contributed by atoms with van der Waals surface area (Å²) < 4.78 is 64.3. The van der Waals surface area contributed by atoms with Gasteiger partial charge < -0.3 is 4.74 Å². The molecule has 0 radical (unpaired) electrons. The van der Waals surface area contributed by atoms with Crippen molar-refractivity contribution in [1.29, 1.82) is 0 Å². The maximum atomic E-state index is 14.7. The quantitative estimate of drug-likeness (QED) is 0.373. The topological polar surface area (TPSA) is 9.23 Å². The summed E-state index contributed by atoms with van der Waals surface area (Å²) in [5.74, 6) is -8.35. The molecule has 0 aromatic heterocycles. The predicted octanol–water partition coefficient (Wildman–Crippen LogP) is 7.62. The van der Waals surface area contributed by atoms with Gasteiger partial charge in [0.1, 0.15) is 5.75 Å². The van der Waals surface area contributed by atoms with Crippen molar-refractivity contribution in [2.24, 2.45) is 0 Å². The average Bonchev–Trinajstić information content (AvgIpc) is 2.60. The first kappa shape index (κ1) is 21.2. The first-order chi connectivity index (χ1) is 12.1. The van der Waals surface area contributed by atoms with Crippen molar-refractivity contribution < 1.29 is 22.3 Å². The fraction of sp³-hybridized carbons (Fsp3) is 0.368. The van der Waals surface area contributed by atoms with Crippen LogP contribution >= 0.6 is 31.9 Å². The molecule has 0 aliphatic carbocycles. The van der Waals surface area contributed by atoms with Crippen LogP contribution < -0.4 is 4.74 Å². The van der Waals surface area contributed by atoms with Crippen LogP contribution in [0.25, 0.3) is 0 Å². The molecule has 0 N–H and O–H groups in total. The van der Waals surface area contributed by atoms with Gasteiger partial charge >= 0.3 is 11.8 Å². The Balaban J connectivity index is 2.47. The van der Waals surface area contributed by atoms with Gasteiger partial charge in [-0.15, -0.1) is 0 Å². The second-order valence-electron chi connectivity index (χ2n) is 6.04. The number of rotatable bonds is 6. The number of benzene rings is 2. The van der Waals surface area contributed by atoms with Gasteiger partial charge in [-0.2, -0.15) is 17.6 Å². The Morgan fingerprint density at radius 1 is 0.923 bits per heavy atom. The summed E-state index contributed by atoms with van der Waals surface area (Å²) in [5, 5.41) is 0. The molecule has 1 unspecified atom stereocenters. The van der Waals surface area contributed by atoms with Crippen LogP contribution in [0.4, 0.5) is 17.6 Å². The minimum absolute atomic E-state index is 0.130. The molecule has 0 spiro atoms. The van der Waals surface area contributed by atoms with Crippen molar-refractivity contribution >= 4 is 31.9 Å². The lowest BCUT2D eigenvalue weighted by Crippen LogP contribution is -2.35. The zero-order chi connectivity index (χ0) is 19.7. The van der Waals surface area contributed by atoms with E-state index in [0.717, 1.165) is 36.2 Å². The fourth-order valence-corrected chi connectivity index (χ4v) is 3.88. The highest BCUT2D eigenvalue weighted by Gasteiger charge is 2.58. The molecule has 0 heterocycles. The van der Waals surface area contributed by atoms with Crippen molar-refractivity contribution in [2.45, 2.75) is 38.0 Å². The lowest BCUT2D eigenvalue weighted by Gasteiger charge is -2.28. The largest absolute Gasteiger partial charge is 0.496 e. The molecular formula is C19H18Br2F4O. The maximum Gasteiger partial charge on any atom is 0.339 e. The fourth-order valence-electron chi connectivity index (χ4n) is 2.57. The Labute approximate surface area is 167 Å². The summed E-state index contributed by atoms with van der Waals surface area (Å²) in [6, 6.07) is 6.74. The second kappa shape index (κ2) is 7.89. The summed E-state index contributed by atoms with van der Waals surface area (Å²) in [6.07, 6.45) is 0.810. The number of ether oxygens (including phenoxy) is 1. The molecule has 2 aromatic rings. The Morgan fingerprint density at radius 3 is 1.85 bits per heavy atom. The normalized spacial score (nSPS) is 13.6. The van der Waals surface area contributed by atoms with E-state index in [0.29, 0.717) is 4.47 Å². The monoisotopic (exact) mass is 496 g/mol. The van der Waals surface area contributed by atoms with Gasteiger partial charge in [0.2, 0.25) is 0 Å². The second-order valence-corrected chi connectivity index (χ2v) is 7.75. The number of hydrogen-bond acceptors (Lipinski definition) is 1. The molecule has 0 amide bonds. The molecule has 2 rings (SSSR count). The van der Waals surface area contributed by atoms with E-state index < -0.39 is 23.0 Å². The molecule has 142 valence electrons. The van der Waals surface area contributed by atoms with Gasteiger partial charge in [0.15, 0.2) is 0 Å². The van der Waals surface area contributed by atoms with Crippen molar-refractivity contribution in [1.82, 2.24) is 0 Å². The van der Waals surface area contributed by atoms with Gasteiger partial charge in [-0.05, 0) is 58.1 Å². The Kier molecular flexibility index (Phi) is 6.44. The molecule has 0 bridgehead atoms. The zero-order valence-corrected chi connectivity index (χ0v) is 17.6. The number of hydrogen-bond donors (Lipinski definition) is 0. The van der Waals surface area contributed by atoms with Crippen molar-refractivity contribution in [3.05, 3.63) is 62.0 Å². The van der Waals surface area contributed by atoms with Crippen LogP contribution in [0.3, 0.4) is 0 Å². The Morgan fingerprint density at radius 2 is 1.42 bits per heavy atom. The van der Waals surface area contributed by atoms with E-state index in [2.05, 4.69) is 31.9 Å². The van der Waals surface area contributed by atoms with Crippen LogP contribution in [0.2, 0.25) is 0 Å². The summed E-state index contributed by atoms with van der Waals surface area (Å²) >= 11 is 6.29. The van der Waals surface area contributed by atoms with Crippen LogP contribution in [0.1, 0.15) is 42.9 Å². The molecule has 0 fully saturated rings. The smallest absolute Gasteiger partial charge is 0.339 e. The third kappa shape index (κ3) is 3.79. The number of methoxy groups -OCH3 is 1. The lowest BCUT2D eigenvalue weighted by atomic mass is 9.92. The number of alkyl halides is 4. The third-order valence-electron chi connectivity index (χ3n) is 4.41. The molecule has 26 heavy (non-hydrogen) atoms. The molecule has 0 aliphatic heterocycles. The first-order valence-corrected chi connectivity index (χ1v) is 9.54. The highest BCUT2D eigenvalue weighted by atomic mass is 79.9. The minimum Gasteiger partial charge on any atom is -0.496 e. The summed E-state index contributed by atoms with van der Waals surface area (Å²) in [5.41, 5.74) is -0.728. The van der Waals surface area contributed by atoms with Crippen LogP contribution in [-0.2, 0) is 11.8 Å². The molecule has 0 saturated heterocycles. The highest BCUT2D eigenvalue weighted by molar-refractivity contribution is 9.10. The van der Waals surface area contributed by atoms with Crippen molar-refractivity contribution in [3.63, 3.8) is 0 Å². The van der Waals surface area contributed by atoms with E-state index in [1.807, 2.05) is 13.8 Å². The van der Waals surface area contributed by atoms with Gasteiger partial charge in [-0.3, -0.25) is 0 Å². The SMILES string of the molecule is CCC(C)c1ccc(C(F)(F)C(F)(F)c2ccc(OC)c(Br)c2)cc1Br. The molecular weight excluding hydrogens is 480 g/mol. The summed E-state index contributed by atoms with van der Waals surface area (Å²) in [7, 11) is 1.36. The average molecular weight is 498 g/mol. The van der Waals surface area contributed by atoms with Gasteiger partial charge in [0.25, 0.3) is 0 Å². The van der Waals surface area contributed by atoms with Crippen molar-refractivity contribution in [3.8, 4) is 5.75 Å². The Bertz CT molecular complexity index is 793. The summed E-state index contributed by atoms with van der Waals surface area (Å²) in [6.45, 7) is 3.91. The molecule has 1 nitrogen and oxygen atoms in total. The standard InChI is InChI=1S/C19H18Br2F4O/c1-4-11(2)14-7-5-12(9-15(14)20)18(22,23)19(24,25)13-6-8-17(26-3)16(21)10-13/h5-11H,4H2,1-3H3. The van der Waals surface area contributed by atoms with Gasteiger partial charge in [0, 0.05) is 15.6 Å². The van der Waals surface area contributed by atoms with Crippen LogP contribution in [0.15, 0.2) is 45.3 Å². The summed E-state index contributed by atoms with van der Waals surface area (Å²) in [4.78, 5) is 0. The maximum absolute atomic E-state index is 14.7. The Hall–Kier alpha value is -1.08. The molecule has 1 atom stereocenters. The van der Waals surface area contributed by atoms with Crippen molar-refractivity contribution in [2.75, 3.05) is 7.11 Å². The third-order valence-corrected chi connectivity index (χ3v) is 5.72. The zero-order valence-electron chi connectivity index (χ0n) is 14.4. The van der Waals surface area contributed by atoms with Gasteiger partial charge in [-0.1, -0.05) is 41.9 Å². The van der Waals surface area contributed by atoms with Crippen LogP contribution in [-0.4, -0.2) is 7.11 Å². The van der Waals surface area contributed by atoms with E-state index >= 15 is 0 Å². The van der Waals surface area contributed by atoms with E-state index in [1.54, 1.807) is 0 Å².